The Morgan fingerprint density at radius 3 is 2.77 bits per heavy atom. The summed E-state index contributed by atoms with van der Waals surface area (Å²) in [6, 6.07) is 5.62. The minimum absolute atomic E-state index is 0.0787. The molecule has 0 fully saturated rings. The first-order valence-corrected chi connectivity index (χ1v) is 7.21. The van der Waals surface area contributed by atoms with Crippen LogP contribution in [0.15, 0.2) is 23.3 Å². The van der Waals surface area contributed by atoms with Crippen molar-refractivity contribution in [2.75, 3.05) is 14.2 Å². The van der Waals surface area contributed by atoms with Gasteiger partial charge in [-0.2, -0.15) is 5.10 Å². The number of rotatable bonds is 4. The van der Waals surface area contributed by atoms with Crippen molar-refractivity contribution in [3.63, 3.8) is 0 Å². The smallest absolute Gasteiger partial charge is 0.267 e. The molecule has 0 spiro atoms. The molecule has 0 saturated heterocycles. The van der Waals surface area contributed by atoms with Crippen LogP contribution < -0.4 is 10.1 Å². The van der Waals surface area contributed by atoms with E-state index in [9.17, 15) is 9.59 Å². The number of aryl methyl sites for hydroxylation is 1. The van der Waals surface area contributed by atoms with Crippen LogP contribution in [0.2, 0.25) is 0 Å². The molecule has 6 heteroatoms. The van der Waals surface area contributed by atoms with Gasteiger partial charge in [-0.1, -0.05) is 17.7 Å². The molecule has 0 unspecified atom stereocenters. The van der Waals surface area contributed by atoms with E-state index in [0.717, 1.165) is 16.9 Å². The molecule has 1 aromatic rings. The van der Waals surface area contributed by atoms with Crippen LogP contribution in [0.1, 0.15) is 36.9 Å². The van der Waals surface area contributed by atoms with Gasteiger partial charge in [0.2, 0.25) is 5.91 Å². The zero-order chi connectivity index (χ0) is 16.3. The van der Waals surface area contributed by atoms with E-state index in [0.29, 0.717) is 18.6 Å². The summed E-state index contributed by atoms with van der Waals surface area (Å²) in [5, 5.41) is 8.16. The van der Waals surface area contributed by atoms with Crippen molar-refractivity contribution in [1.29, 1.82) is 0 Å². The van der Waals surface area contributed by atoms with Crippen molar-refractivity contribution in [1.82, 2.24) is 10.3 Å². The van der Waals surface area contributed by atoms with E-state index in [-0.39, 0.29) is 17.9 Å². The third-order valence-corrected chi connectivity index (χ3v) is 3.67. The molecule has 0 radical (unpaired) electrons. The Balaban J connectivity index is 2.13. The Labute approximate surface area is 130 Å². The van der Waals surface area contributed by atoms with E-state index in [1.807, 2.05) is 32.0 Å². The molecule has 0 aliphatic carbocycles. The molecule has 0 bridgehead atoms. The van der Waals surface area contributed by atoms with Gasteiger partial charge in [-0.3, -0.25) is 9.59 Å². The van der Waals surface area contributed by atoms with E-state index in [4.69, 9.17) is 4.74 Å². The lowest BCUT2D eigenvalue weighted by Gasteiger charge is -2.22. The van der Waals surface area contributed by atoms with Gasteiger partial charge in [-0.05, 0) is 19.9 Å². The summed E-state index contributed by atoms with van der Waals surface area (Å²) in [5.74, 6) is 0.400. The molecule has 1 aliphatic rings. The Kier molecular flexibility index (Phi) is 4.80. The number of benzene rings is 1. The van der Waals surface area contributed by atoms with Crippen LogP contribution >= 0.6 is 0 Å². The normalized spacial score (nSPS) is 16.1. The summed E-state index contributed by atoms with van der Waals surface area (Å²) in [6.07, 6.45) is 0.678. The van der Waals surface area contributed by atoms with E-state index in [1.165, 1.54) is 5.01 Å². The molecule has 6 nitrogen and oxygen atoms in total. The summed E-state index contributed by atoms with van der Waals surface area (Å²) >= 11 is 0. The van der Waals surface area contributed by atoms with E-state index >= 15 is 0 Å². The first-order chi connectivity index (χ1) is 10.4. The Hall–Kier alpha value is -2.37. The van der Waals surface area contributed by atoms with Gasteiger partial charge in [0.1, 0.15) is 11.5 Å². The number of ether oxygens (including phenoxy) is 1. The largest absolute Gasteiger partial charge is 0.496 e. The van der Waals surface area contributed by atoms with Crippen LogP contribution in [0.25, 0.3) is 0 Å². The van der Waals surface area contributed by atoms with Crippen molar-refractivity contribution < 1.29 is 14.3 Å². The summed E-state index contributed by atoms with van der Waals surface area (Å²) in [6.45, 7) is 3.89. The highest BCUT2D eigenvalue weighted by Gasteiger charge is 2.23. The monoisotopic (exact) mass is 303 g/mol. The second-order valence-electron chi connectivity index (χ2n) is 5.40. The van der Waals surface area contributed by atoms with Crippen molar-refractivity contribution in [2.24, 2.45) is 5.10 Å². The first-order valence-electron chi connectivity index (χ1n) is 7.21. The molecule has 1 aromatic carbocycles. The molecule has 1 heterocycles. The Morgan fingerprint density at radius 2 is 2.14 bits per heavy atom. The number of methoxy groups -OCH3 is 1. The summed E-state index contributed by atoms with van der Waals surface area (Å²) in [4.78, 5) is 23.7. The maximum Gasteiger partial charge on any atom is 0.267 e. The van der Waals surface area contributed by atoms with Crippen LogP contribution in [-0.4, -0.2) is 36.7 Å². The number of carbonyl (C=O) groups is 2. The lowest BCUT2D eigenvalue weighted by Crippen LogP contribution is -2.38. The molecule has 2 rings (SSSR count). The van der Waals surface area contributed by atoms with Gasteiger partial charge in [0, 0.05) is 25.5 Å². The molecule has 1 atom stereocenters. The maximum atomic E-state index is 12.3. The fourth-order valence-corrected chi connectivity index (χ4v) is 2.38. The zero-order valence-corrected chi connectivity index (χ0v) is 13.3. The van der Waals surface area contributed by atoms with Gasteiger partial charge >= 0.3 is 0 Å². The summed E-state index contributed by atoms with van der Waals surface area (Å²) < 4.78 is 5.35. The molecule has 2 amide bonds. The highest BCUT2D eigenvalue weighted by molar-refractivity contribution is 6.39. The van der Waals surface area contributed by atoms with E-state index in [1.54, 1.807) is 14.2 Å². The van der Waals surface area contributed by atoms with Gasteiger partial charge in [0.25, 0.3) is 5.91 Å². The average Bonchev–Trinajstić information content (AvgIpc) is 2.49. The third kappa shape index (κ3) is 3.44. The molecule has 1 aliphatic heterocycles. The molecule has 0 aromatic heterocycles. The van der Waals surface area contributed by atoms with Gasteiger partial charge in [0.05, 0.1) is 13.2 Å². The fraction of sp³-hybridized carbons (Fsp3) is 0.438. The number of carbonyl (C=O) groups excluding carboxylic acids is 2. The number of hydrogen-bond donors (Lipinski definition) is 1. The van der Waals surface area contributed by atoms with Crippen LogP contribution in [0.5, 0.6) is 5.75 Å². The molecule has 118 valence electrons. The van der Waals surface area contributed by atoms with Gasteiger partial charge < -0.3 is 10.1 Å². The molecule has 22 heavy (non-hydrogen) atoms. The van der Waals surface area contributed by atoms with E-state index in [2.05, 4.69) is 10.4 Å². The third-order valence-electron chi connectivity index (χ3n) is 3.67. The second kappa shape index (κ2) is 6.60. The van der Waals surface area contributed by atoms with Crippen molar-refractivity contribution in [3.8, 4) is 5.75 Å². The van der Waals surface area contributed by atoms with Crippen LogP contribution in [-0.2, 0) is 9.59 Å². The number of nitrogens with zero attached hydrogens (tertiary/aromatic N) is 2. The van der Waals surface area contributed by atoms with Crippen LogP contribution in [0.4, 0.5) is 0 Å². The minimum atomic E-state index is -0.254. The molecule has 0 saturated carbocycles. The molecule has 1 N–H and O–H groups in total. The van der Waals surface area contributed by atoms with Gasteiger partial charge in [-0.15, -0.1) is 0 Å². The highest BCUT2D eigenvalue weighted by Crippen LogP contribution is 2.26. The van der Waals surface area contributed by atoms with Gasteiger partial charge in [-0.25, -0.2) is 5.01 Å². The number of amides is 2. The predicted molar refractivity (Wildman–Crippen MR) is 83.7 cm³/mol. The van der Waals surface area contributed by atoms with E-state index < -0.39 is 0 Å². The standard InChI is InChI=1S/C16H21N3O3/c1-10-5-7-14(22-4)12(9-10)11(2)17-16(21)13-6-8-15(20)19(3)18-13/h5,7,9,11H,6,8H2,1-4H3,(H,17,21)/t11-/m1/s1. The second-order valence-corrected chi connectivity index (χ2v) is 5.40. The topological polar surface area (TPSA) is 71.0 Å². The quantitative estimate of drug-likeness (QED) is 0.922. The lowest BCUT2D eigenvalue weighted by molar-refractivity contribution is -0.130. The molecular weight excluding hydrogens is 282 g/mol. The first kappa shape index (κ1) is 16.0. The van der Waals surface area contributed by atoms with Crippen molar-refractivity contribution in [3.05, 3.63) is 29.3 Å². The lowest BCUT2D eigenvalue weighted by atomic mass is 10.0. The fourth-order valence-electron chi connectivity index (χ4n) is 2.38. The van der Waals surface area contributed by atoms with Gasteiger partial charge in [0.15, 0.2) is 0 Å². The highest BCUT2D eigenvalue weighted by atomic mass is 16.5. The maximum absolute atomic E-state index is 12.3. The average molecular weight is 303 g/mol. The number of hydrazone groups is 1. The Morgan fingerprint density at radius 1 is 1.41 bits per heavy atom. The van der Waals surface area contributed by atoms with Crippen molar-refractivity contribution in [2.45, 2.75) is 32.7 Å². The van der Waals surface area contributed by atoms with Crippen LogP contribution in [0.3, 0.4) is 0 Å². The van der Waals surface area contributed by atoms with Crippen molar-refractivity contribution >= 4 is 17.5 Å². The SMILES string of the molecule is COc1ccc(C)cc1[C@@H](C)NC(=O)C1=NN(C)C(=O)CC1. The molecular formula is C16H21N3O3. The predicted octanol–water partition coefficient (Wildman–Crippen LogP) is 1.79. The Bertz CT molecular complexity index is 625. The number of nitrogens with one attached hydrogen (secondary N) is 1. The number of hydrogen-bond acceptors (Lipinski definition) is 4. The summed E-state index contributed by atoms with van der Waals surface area (Å²) in [7, 11) is 3.16. The van der Waals surface area contributed by atoms with Crippen LogP contribution in [0, 0.1) is 6.92 Å². The zero-order valence-electron chi connectivity index (χ0n) is 13.3. The summed E-state index contributed by atoms with van der Waals surface area (Å²) in [5.41, 5.74) is 2.38. The minimum Gasteiger partial charge on any atom is -0.496 e.